The first-order valence-electron chi connectivity index (χ1n) is 11.6. The molecule has 2 aromatic heterocycles. The standard InChI is InChI=1S/C27H35N3O2/c1-5-9-23-24-14-13-22(32-4)18-26(24)30(3)25(23)15-16-27(31)29-21(6-2)12-7-10-20-11-8-17-28-19-20/h8,11,13-19,21H,5-7,9-10,12H2,1-4H3,(H,29,31)/t21-/m1/s1. The van der Waals surface area contributed by atoms with Crippen LogP contribution in [0.2, 0.25) is 0 Å². The summed E-state index contributed by atoms with van der Waals surface area (Å²) in [6.45, 7) is 4.30. The van der Waals surface area contributed by atoms with E-state index in [9.17, 15) is 4.79 Å². The van der Waals surface area contributed by atoms with Gasteiger partial charge < -0.3 is 14.6 Å². The molecule has 0 spiro atoms. The fourth-order valence-corrected chi connectivity index (χ4v) is 4.25. The number of carbonyl (C=O) groups excluding carboxylic acids is 1. The molecule has 3 rings (SSSR count). The summed E-state index contributed by atoms with van der Waals surface area (Å²) in [6.07, 6.45) is 13.2. The highest BCUT2D eigenvalue weighted by Gasteiger charge is 2.14. The average molecular weight is 434 g/mol. The second-order valence-electron chi connectivity index (χ2n) is 8.26. The Morgan fingerprint density at radius 3 is 2.78 bits per heavy atom. The first-order chi connectivity index (χ1) is 15.6. The molecule has 0 bridgehead atoms. The monoisotopic (exact) mass is 433 g/mol. The quantitative estimate of drug-likeness (QED) is 0.408. The molecule has 170 valence electrons. The Morgan fingerprint density at radius 2 is 2.09 bits per heavy atom. The summed E-state index contributed by atoms with van der Waals surface area (Å²) in [4.78, 5) is 16.8. The van der Waals surface area contributed by atoms with E-state index in [1.807, 2.05) is 31.5 Å². The Balaban J connectivity index is 1.68. The molecule has 0 aliphatic rings. The summed E-state index contributed by atoms with van der Waals surface area (Å²) < 4.78 is 7.55. The number of aromatic nitrogens is 2. The number of rotatable bonds is 11. The summed E-state index contributed by atoms with van der Waals surface area (Å²) in [5.41, 5.74) is 4.72. The molecule has 5 nitrogen and oxygen atoms in total. The predicted octanol–water partition coefficient (Wildman–Crippen LogP) is 5.47. The van der Waals surface area contributed by atoms with E-state index in [0.29, 0.717) is 0 Å². The number of methoxy groups -OCH3 is 1. The predicted molar refractivity (Wildman–Crippen MR) is 132 cm³/mol. The number of aryl methyl sites for hydroxylation is 3. The first kappa shape index (κ1) is 23.6. The van der Waals surface area contributed by atoms with Crippen LogP contribution in [0, 0.1) is 0 Å². The zero-order valence-electron chi connectivity index (χ0n) is 19.7. The minimum Gasteiger partial charge on any atom is -0.497 e. The van der Waals surface area contributed by atoms with Gasteiger partial charge in [0, 0.05) is 48.7 Å². The van der Waals surface area contributed by atoms with Gasteiger partial charge in [-0.05, 0) is 67.5 Å². The van der Waals surface area contributed by atoms with Crippen LogP contribution in [-0.2, 0) is 24.7 Å². The third-order valence-electron chi connectivity index (χ3n) is 6.03. The minimum atomic E-state index is -0.0384. The Morgan fingerprint density at radius 1 is 1.25 bits per heavy atom. The maximum Gasteiger partial charge on any atom is 0.244 e. The summed E-state index contributed by atoms with van der Waals surface area (Å²) in [5, 5.41) is 4.40. The molecule has 1 N–H and O–H groups in total. The number of benzene rings is 1. The number of hydrogen-bond donors (Lipinski definition) is 1. The molecule has 0 unspecified atom stereocenters. The van der Waals surface area contributed by atoms with Gasteiger partial charge in [0.15, 0.2) is 0 Å². The van der Waals surface area contributed by atoms with Crippen LogP contribution in [0.1, 0.15) is 56.4 Å². The number of nitrogens with one attached hydrogen (secondary N) is 1. The normalized spacial score (nSPS) is 12.4. The van der Waals surface area contributed by atoms with Crippen LogP contribution in [0.5, 0.6) is 5.75 Å². The molecule has 3 aromatic rings. The van der Waals surface area contributed by atoms with Gasteiger partial charge in [-0.1, -0.05) is 26.3 Å². The largest absolute Gasteiger partial charge is 0.497 e. The van der Waals surface area contributed by atoms with E-state index in [1.54, 1.807) is 19.4 Å². The molecule has 1 amide bonds. The zero-order valence-corrected chi connectivity index (χ0v) is 19.7. The van der Waals surface area contributed by atoms with E-state index < -0.39 is 0 Å². The molecule has 0 aliphatic heterocycles. The van der Waals surface area contributed by atoms with Gasteiger partial charge in [-0.15, -0.1) is 0 Å². The Bertz CT molecular complexity index is 1050. The number of fused-ring (bicyclic) bond motifs is 1. The van der Waals surface area contributed by atoms with Crippen LogP contribution < -0.4 is 10.1 Å². The van der Waals surface area contributed by atoms with Crippen molar-refractivity contribution < 1.29 is 9.53 Å². The lowest BCUT2D eigenvalue weighted by atomic mass is 10.0. The lowest BCUT2D eigenvalue weighted by Gasteiger charge is -2.15. The SMILES string of the molecule is CCCc1c(C=CC(=O)N[C@H](CC)CCCc2cccnc2)n(C)c2cc(OC)ccc12. The van der Waals surface area contributed by atoms with Crippen LogP contribution >= 0.6 is 0 Å². The van der Waals surface area contributed by atoms with E-state index in [4.69, 9.17) is 4.74 Å². The maximum atomic E-state index is 12.7. The van der Waals surface area contributed by atoms with E-state index in [1.165, 1.54) is 16.5 Å². The van der Waals surface area contributed by atoms with Gasteiger partial charge in [-0.3, -0.25) is 9.78 Å². The number of ether oxygens (including phenoxy) is 1. The van der Waals surface area contributed by atoms with Gasteiger partial charge in [-0.2, -0.15) is 0 Å². The van der Waals surface area contributed by atoms with Crippen LogP contribution in [-0.4, -0.2) is 28.6 Å². The summed E-state index contributed by atoms with van der Waals surface area (Å²) in [7, 11) is 3.73. The Labute approximate surface area is 191 Å². The lowest BCUT2D eigenvalue weighted by Crippen LogP contribution is -2.33. The second-order valence-corrected chi connectivity index (χ2v) is 8.26. The fraction of sp³-hybridized carbons (Fsp3) is 0.407. The van der Waals surface area contributed by atoms with Crippen molar-refractivity contribution in [2.24, 2.45) is 7.05 Å². The molecule has 5 heteroatoms. The van der Waals surface area contributed by atoms with Crippen molar-refractivity contribution in [3.05, 3.63) is 65.6 Å². The molecule has 0 aliphatic carbocycles. The van der Waals surface area contributed by atoms with Crippen molar-refractivity contribution in [3.63, 3.8) is 0 Å². The third-order valence-corrected chi connectivity index (χ3v) is 6.03. The highest BCUT2D eigenvalue weighted by molar-refractivity contribution is 5.95. The van der Waals surface area contributed by atoms with Gasteiger partial charge in [0.2, 0.25) is 5.91 Å². The molecule has 2 heterocycles. The number of amides is 1. The highest BCUT2D eigenvalue weighted by Crippen LogP contribution is 2.30. The van der Waals surface area contributed by atoms with Crippen LogP contribution in [0.3, 0.4) is 0 Å². The van der Waals surface area contributed by atoms with Crippen molar-refractivity contribution in [3.8, 4) is 5.75 Å². The van der Waals surface area contributed by atoms with Gasteiger partial charge in [0.05, 0.1) is 12.6 Å². The molecule has 0 radical (unpaired) electrons. The summed E-state index contributed by atoms with van der Waals surface area (Å²) in [5.74, 6) is 0.801. The number of pyridine rings is 1. The smallest absolute Gasteiger partial charge is 0.244 e. The zero-order chi connectivity index (χ0) is 22.9. The van der Waals surface area contributed by atoms with E-state index >= 15 is 0 Å². The van der Waals surface area contributed by atoms with Crippen molar-refractivity contribution in [2.45, 2.75) is 58.4 Å². The molecule has 1 atom stereocenters. The molecule has 32 heavy (non-hydrogen) atoms. The molecule has 0 saturated heterocycles. The maximum absolute atomic E-state index is 12.7. The minimum absolute atomic E-state index is 0.0384. The van der Waals surface area contributed by atoms with Crippen LogP contribution in [0.4, 0.5) is 0 Å². The molecule has 0 saturated carbocycles. The van der Waals surface area contributed by atoms with Crippen molar-refractivity contribution in [1.82, 2.24) is 14.9 Å². The topological polar surface area (TPSA) is 56.2 Å². The average Bonchev–Trinajstić information content (AvgIpc) is 3.08. The van der Waals surface area contributed by atoms with Gasteiger partial charge in [0.25, 0.3) is 0 Å². The fourth-order valence-electron chi connectivity index (χ4n) is 4.25. The highest BCUT2D eigenvalue weighted by atomic mass is 16.5. The number of carbonyl (C=O) groups is 1. The lowest BCUT2D eigenvalue weighted by molar-refractivity contribution is -0.117. The van der Waals surface area contributed by atoms with E-state index in [2.05, 4.69) is 46.9 Å². The Hall–Kier alpha value is -3.08. The van der Waals surface area contributed by atoms with Gasteiger partial charge >= 0.3 is 0 Å². The first-order valence-corrected chi connectivity index (χ1v) is 11.6. The molecular formula is C27H35N3O2. The van der Waals surface area contributed by atoms with Crippen molar-refractivity contribution in [1.29, 1.82) is 0 Å². The molecular weight excluding hydrogens is 398 g/mol. The second kappa shape index (κ2) is 11.5. The van der Waals surface area contributed by atoms with Crippen LogP contribution in [0.25, 0.3) is 17.0 Å². The summed E-state index contributed by atoms with van der Waals surface area (Å²) >= 11 is 0. The van der Waals surface area contributed by atoms with Crippen molar-refractivity contribution >= 4 is 22.9 Å². The van der Waals surface area contributed by atoms with E-state index in [-0.39, 0.29) is 11.9 Å². The van der Waals surface area contributed by atoms with E-state index in [0.717, 1.165) is 55.5 Å². The van der Waals surface area contributed by atoms with Gasteiger partial charge in [0.1, 0.15) is 5.75 Å². The number of hydrogen-bond acceptors (Lipinski definition) is 3. The van der Waals surface area contributed by atoms with Crippen molar-refractivity contribution in [2.75, 3.05) is 7.11 Å². The van der Waals surface area contributed by atoms with Crippen LogP contribution in [0.15, 0.2) is 48.8 Å². The Kier molecular flexibility index (Phi) is 8.48. The number of nitrogens with zero attached hydrogens (tertiary/aromatic N) is 2. The van der Waals surface area contributed by atoms with Gasteiger partial charge in [-0.25, -0.2) is 0 Å². The third kappa shape index (κ3) is 5.78. The molecule has 1 aromatic carbocycles. The molecule has 0 fully saturated rings. The summed E-state index contributed by atoms with van der Waals surface area (Å²) in [6, 6.07) is 10.4.